The molecule has 342 valence electrons. The molecule has 4 amide bonds. The van der Waals surface area contributed by atoms with Crippen molar-refractivity contribution in [3.05, 3.63) is 83.6 Å². The molecule has 0 bridgehead atoms. The van der Waals surface area contributed by atoms with Gasteiger partial charge in [-0.2, -0.15) is 0 Å². The van der Waals surface area contributed by atoms with Gasteiger partial charge in [0.25, 0.3) is 0 Å². The number of alkyl carbamates (subject to hydrolysis) is 2. The van der Waals surface area contributed by atoms with Crippen LogP contribution < -0.4 is 10.6 Å². The van der Waals surface area contributed by atoms with E-state index in [1.54, 1.807) is 0 Å². The van der Waals surface area contributed by atoms with E-state index in [0.29, 0.717) is 24.9 Å². The van der Waals surface area contributed by atoms with E-state index >= 15 is 0 Å². The number of hydrogen-bond acceptors (Lipinski definition) is 8. The molecule has 2 aromatic heterocycles. The van der Waals surface area contributed by atoms with Gasteiger partial charge in [0, 0.05) is 13.1 Å². The van der Waals surface area contributed by atoms with Crippen molar-refractivity contribution < 1.29 is 28.7 Å². The zero-order valence-corrected chi connectivity index (χ0v) is 38.7. The monoisotopic (exact) mass is 882 g/mol. The quantitative estimate of drug-likeness (QED) is 0.102. The average molecular weight is 883 g/mol. The molecule has 5 aromatic rings. The van der Waals surface area contributed by atoms with Crippen molar-refractivity contribution in [1.82, 2.24) is 40.4 Å². The summed E-state index contributed by atoms with van der Waals surface area (Å²) in [5, 5.41) is 5.49. The zero-order chi connectivity index (χ0) is 45.8. The second kappa shape index (κ2) is 17.7. The lowest BCUT2D eigenvalue weighted by atomic mass is 9.73. The summed E-state index contributed by atoms with van der Waals surface area (Å²) in [5.74, 6) is 2.79. The van der Waals surface area contributed by atoms with E-state index in [9.17, 15) is 19.2 Å². The topological polar surface area (TPSA) is 175 Å². The lowest BCUT2D eigenvalue weighted by molar-refractivity contribution is -0.136. The number of amides is 4. The van der Waals surface area contributed by atoms with E-state index in [4.69, 9.17) is 19.4 Å². The van der Waals surface area contributed by atoms with E-state index in [0.717, 1.165) is 58.8 Å². The number of nitrogens with one attached hydrogen (secondary N) is 4. The molecule has 8 atom stereocenters. The molecule has 2 aliphatic heterocycles. The number of rotatable bonds is 11. The van der Waals surface area contributed by atoms with E-state index in [2.05, 4.69) is 89.0 Å². The van der Waals surface area contributed by atoms with Gasteiger partial charge in [-0.1, -0.05) is 84.0 Å². The molecule has 3 fully saturated rings. The zero-order valence-electron chi connectivity index (χ0n) is 38.7. The van der Waals surface area contributed by atoms with Crippen molar-refractivity contribution >= 4 is 35.0 Å². The van der Waals surface area contributed by atoms with Crippen molar-refractivity contribution in [2.45, 2.75) is 104 Å². The number of benzene rings is 3. The molecule has 2 saturated heterocycles. The number of H-pyrrole nitrogens is 2. The molecule has 9 rings (SSSR count). The Hall–Kier alpha value is -6.18. The number of likely N-dealkylation sites (tertiary alicyclic amines) is 2. The minimum Gasteiger partial charge on any atom is -0.453 e. The van der Waals surface area contributed by atoms with Crippen molar-refractivity contribution in [1.29, 1.82) is 0 Å². The lowest BCUT2D eigenvalue weighted by Gasteiger charge is -2.31. The number of fused-ring (bicyclic) bond motifs is 4. The van der Waals surface area contributed by atoms with Crippen LogP contribution in [0.15, 0.2) is 60.8 Å². The largest absolute Gasteiger partial charge is 0.453 e. The SMILES string of the molecule is COC(=O)NC(C(=O)N1CC(C)CC1c1ncc(-c2ccc(-c3ccc(-c4ccc5nc(C6CC(C)CN6C(=O)C(NC(=O)OC)C(C)C)[nH]c5c4)c4c3C3CCC3C4)cc2)[nH]1)C(C)C. The molecule has 8 unspecified atom stereocenters. The van der Waals surface area contributed by atoms with Gasteiger partial charge in [0.05, 0.1) is 49.2 Å². The van der Waals surface area contributed by atoms with E-state index < -0.39 is 24.3 Å². The smallest absolute Gasteiger partial charge is 0.407 e. The van der Waals surface area contributed by atoms with Crippen LogP contribution >= 0.6 is 0 Å². The molecule has 4 heterocycles. The predicted molar refractivity (Wildman–Crippen MR) is 249 cm³/mol. The first-order valence-electron chi connectivity index (χ1n) is 23.3. The third-order valence-corrected chi connectivity index (χ3v) is 14.5. The molecule has 14 heteroatoms. The highest BCUT2D eigenvalue weighted by atomic mass is 16.5. The van der Waals surface area contributed by atoms with Crippen LogP contribution in [0.4, 0.5) is 9.59 Å². The van der Waals surface area contributed by atoms with Gasteiger partial charge in [-0.3, -0.25) is 9.59 Å². The number of imidazole rings is 2. The van der Waals surface area contributed by atoms with Crippen LogP contribution in [0.25, 0.3) is 44.5 Å². The van der Waals surface area contributed by atoms with Crippen LogP contribution in [0.1, 0.15) is 108 Å². The standard InChI is InChI=1S/C51H62N8O6/c1-26(2)44(56-50(62)64-7)48(60)58-24-28(5)19-41(58)46-52-23-40(55-46)31-11-9-30(10-12-31)35-17-16-34(37-21-32-13-15-36(32)43(35)37)33-14-18-38-39(22-33)54-47(53-38)42-20-29(6)25-59(42)49(61)45(27(3)4)57-51(63)65-8/h9-12,14,16-18,22-23,26-29,32,36,41-42,44-45H,13,15,19-21,24-25H2,1-8H3,(H,52,55)(H,53,54)(H,56,62)(H,57,63). The third-order valence-electron chi connectivity index (χ3n) is 14.5. The second-order valence-corrected chi connectivity index (χ2v) is 19.7. The Morgan fingerprint density at radius 1 is 0.708 bits per heavy atom. The molecule has 65 heavy (non-hydrogen) atoms. The van der Waals surface area contributed by atoms with Crippen LogP contribution in [0.5, 0.6) is 0 Å². The Morgan fingerprint density at radius 2 is 1.28 bits per heavy atom. The highest BCUT2D eigenvalue weighted by Gasteiger charge is 2.44. The molecule has 1 saturated carbocycles. The molecule has 3 aromatic carbocycles. The number of carbonyl (C=O) groups is 4. The highest BCUT2D eigenvalue weighted by molar-refractivity contribution is 5.89. The summed E-state index contributed by atoms with van der Waals surface area (Å²) in [6, 6.07) is 17.9. The molecule has 2 aliphatic carbocycles. The van der Waals surface area contributed by atoms with Crippen LogP contribution in [-0.4, -0.2) is 93.1 Å². The fourth-order valence-electron chi connectivity index (χ4n) is 11.0. The van der Waals surface area contributed by atoms with Crippen molar-refractivity contribution in [3.63, 3.8) is 0 Å². The fraction of sp³-hybridized carbons (Fsp3) is 0.490. The molecule has 0 radical (unpaired) electrons. The Labute approximate surface area is 380 Å². The molecule has 0 spiro atoms. The van der Waals surface area contributed by atoms with Gasteiger partial charge in [0.15, 0.2) is 0 Å². The van der Waals surface area contributed by atoms with Gasteiger partial charge in [0.2, 0.25) is 11.8 Å². The Kier molecular flexibility index (Phi) is 12.0. The van der Waals surface area contributed by atoms with Gasteiger partial charge in [0.1, 0.15) is 23.7 Å². The van der Waals surface area contributed by atoms with Crippen LogP contribution in [-0.2, 0) is 25.5 Å². The summed E-state index contributed by atoms with van der Waals surface area (Å²) in [5.41, 5.74) is 11.5. The Balaban J connectivity index is 0.957. The van der Waals surface area contributed by atoms with Gasteiger partial charge in [-0.25, -0.2) is 19.6 Å². The van der Waals surface area contributed by atoms with Gasteiger partial charge in [-0.15, -0.1) is 0 Å². The van der Waals surface area contributed by atoms with Crippen molar-refractivity contribution in [2.75, 3.05) is 27.3 Å². The van der Waals surface area contributed by atoms with Crippen LogP contribution in [0.3, 0.4) is 0 Å². The first-order chi connectivity index (χ1) is 31.2. The summed E-state index contributed by atoms with van der Waals surface area (Å²) in [6.07, 6.45) is 5.68. The molecular weight excluding hydrogens is 821 g/mol. The van der Waals surface area contributed by atoms with Crippen molar-refractivity contribution in [3.8, 4) is 33.5 Å². The van der Waals surface area contributed by atoms with E-state index in [-0.39, 0.29) is 47.6 Å². The first-order valence-corrected chi connectivity index (χ1v) is 23.3. The lowest BCUT2D eigenvalue weighted by Crippen LogP contribution is -2.51. The van der Waals surface area contributed by atoms with Gasteiger partial charge < -0.3 is 39.9 Å². The number of carbonyl (C=O) groups excluding carboxylic acids is 4. The predicted octanol–water partition coefficient (Wildman–Crippen LogP) is 8.92. The molecule has 4 aliphatic rings. The fourth-order valence-corrected chi connectivity index (χ4v) is 11.0. The maximum atomic E-state index is 13.9. The number of hydrogen-bond donors (Lipinski definition) is 4. The van der Waals surface area contributed by atoms with E-state index in [1.165, 1.54) is 54.9 Å². The van der Waals surface area contributed by atoms with Gasteiger partial charge >= 0.3 is 12.2 Å². The van der Waals surface area contributed by atoms with Crippen LogP contribution in [0, 0.1) is 29.6 Å². The number of nitrogens with zero attached hydrogens (tertiary/aromatic N) is 4. The second-order valence-electron chi connectivity index (χ2n) is 19.7. The third kappa shape index (κ3) is 8.25. The Morgan fingerprint density at radius 3 is 1.85 bits per heavy atom. The molecule has 14 nitrogen and oxygen atoms in total. The minimum atomic E-state index is -0.699. The molecular formula is C51H62N8O6. The van der Waals surface area contributed by atoms with E-state index in [1.807, 2.05) is 43.7 Å². The summed E-state index contributed by atoms with van der Waals surface area (Å²) in [4.78, 5) is 72.7. The summed E-state index contributed by atoms with van der Waals surface area (Å²) in [6.45, 7) is 13.2. The average Bonchev–Trinajstić information content (AvgIpc) is 4.13. The summed E-state index contributed by atoms with van der Waals surface area (Å²) >= 11 is 0. The van der Waals surface area contributed by atoms with Crippen LogP contribution in [0.2, 0.25) is 0 Å². The number of aromatic amines is 2. The maximum absolute atomic E-state index is 13.9. The summed E-state index contributed by atoms with van der Waals surface area (Å²) < 4.78 is 9.65. The van der Waals surface area contributed by atoms with Crippen molar-refractivity contribution in [2.24, 2.45) is 29.6 Å². The van der Waals surface area contributed by atoms with Gasteiger partial charge in [-0.05, 0) is 119 Å². The first kappa shape index (κ1) is 44.0. The minimum absolute atomic E-state index is 0.112. The summed E-state index contributed by atoms with van der Waals surface area (Å²) in [7, 11) is 2.61. The number of ether oxygens (including phenoxy) is 2. The normalized spacial score (nSPS) is 23.3. The number of methoxy groups -OCH3 is 2. The highest BCUT2D eigenvalue weighted by Crippen LogP contribution is 2.56. The maximum Gasteiger partial charge on any atom is 0.407 e. The number of aromatic nitrogens is 4. The Bertz CT molecular complexity index is 2620. The molecule has 4 N–H and O–H groups in total.